The van der Waals surface area contributed by atoms with Crippen molar-refractivity contribution in [2.24, 2.45) is 99.1 Å². The lowest BCUT2D eigenvalue weighted by molar-refractivity contribution is -0.230. The zero-order valence-corrected chi connectivity index (χ0v) is 79.0. The maximum Gasteiger partial charge on any atom is 0.396 e. The number of halogens is 24. The summed E-state index contributed by atoms with van der Waals surface area (Å²) < 4.78 is 342. The van der Waals surface area contributed by atoms with Crippen molar-refractivity contribution in [3.05, 3.63) is 165 Å². The molecule has 142 heavy (non-hydrogen) atoms. The van der Waals surface area contributed by atoms with E-state index < -0.39 is 294 Å². The van der Waals surface area contributed by atoms with Gasteiger partial charge in [-0.25, -0.2) is 47.5 Å². The Hall–Kier alpha value is -11.6. The number of hydrogen-bond donors (Lipinski definition) is 10. The molecular formula is C94H114F24N14O10. The lowest BCUT2D eigenvalue weighted by Gasteiger charge is -2.38. The summed E-state index contributed by atoms with van der Waals surface area (Å²) in [6.45, 7) is -6.26. The number of nitrogens with two attached hydrogens (primary N) is 4. The molecule has 24 nitrogen and oxygen atoms in total. The lowest BCUT2D eigenvalue weighted by Crippen LogP contribution is -2.58. The topological polar surface area (TPSA) is 385 Å². The van der Waals surface area contributed by atoms with Crippen LogP contribution in [0.2, 0.25) is 0 Å². The van der Waals surface area contributed by atoms with E-state index in [2.05, 4.69) is 41.5 Å². The predicted octanol–water partition coefficient (Wildman–Crippen LogP) is 17.2. The molecule has 0 unspecified atom stereocenters. The monoisotopic (exact) mass is 2050 g/mol. The smallest absolute Gasteiger partial charge is 0.396 e. The molecule has 0 spiro atoms. The molecule has 6 rings (SSSR count). The van der Waals surface area contributed by atoms with Crippen LogP contribution in [0.4, 0.5) is 105 Å². The number of nitrogens with one attached hydrogen (secondary N) is 4. The Morgan fingerprint density at radius 2 is 0.704 bits per heavy atom. The number of alkyl halides is 20. The van der Waals surface area contributed by atoms with Gasteiger partial charge in [-0.1, -0.05) is 104 Å². The molecule has 0 aliphatic heterocycles. The second kappa shape index (κ2) is 50.1. The maximum absolute atomic E-state index is 16.0. The van der Waals surface area contributed by atoms with E-state index in [0.29, 0.717) is 140 Å². The number of carbonyl (C=O) groups is 8. The standard InChI is InChI=1S/C49H59F12N7O5.C45H55F12N7O5/c1-44(2,48(56,57)58)33(19-38(71)46(5)11-12-46)40(72)67-68(24-32-34(50)16-28(17-35(32)51)31(21-63)23-65-43(54)55)25-37(70)29(15-26-7-9-27(10-8-26)30(20-62)22-64-42(52)53)18-36(69)39(45(3,4)49(59,60)61)66-41(73)47(6)13-14-47;1-7-30(65)17-32(42(3,4)44(52,53)54)39(69)63-64(22-31-33(46)14-26(15-34(31)47)29(19-59)21-61-41(50)51)23-36(67)27(13-24-9-11-25(12-10-24)28(18-58)20-60-40(48)49)16-35(66)38(62-37(68)8-2)43(5,6)45(55,56)57/h7-10,16-17,20-23,29,33,37,39,42-43,70H,11-15,18-19,24-25,62-63H2,1-6H3,(H,66,73)(H,67,72);9-12,14-15,18-21,27,32,36,38,40-41,67H,7-8,13,16-17,22-23,58-59H2,1-6H3,(H,62,68)(H,63,69)/t29-,33-,37+,39-;27-,32-,36+,38-/m11/s1. The van der Waals surface area contributed by atoms with Gasteiger partial charge in [0.2, 0.25) is 23.6 Å². The number of aliphatic hydroxyl groups is 2. The zero-order valence-electron chi connectivity index (χ0n) is 79.0. The molecule has 0 aromatic heterocycles. The first-order valence-corrected chi connectivity index (χ1v) is 44.0. The summed E-state index contributed by atoms with van der Waals surface area (Å²) in [5, 5.41) is 29.6. The summed E-state index contributed by atoms with van der Waals surface area (Å²) in [4.78, 5) is 120. The third-order valence-corrected chi connectivity index (χ3v) is 25.3. The molecule has 0 saturated heterocycles. The minimum absolute atomic E-state index is 0.0144. The first-order chi connectivity index (χ1) is 65.4. The Morgan fingerprint density at radius 3 is 0.972 bits per heavy atom. The number of hydrazine groups is 2. The molecule has 2 aliphatic rings. The number of ketones is 4. The fraction of sp³-hybridized carbons (Fsp3) is 0.532. The van der Waals surface area contributed by atoms with Crippen molar-refractivity contribution in [1.29, 1.82) is 0 Å². The van der Waals surface area contributed by atoms with Crippen LogP contribution < -0.4 is 44.4 Å². The fourth-order valence-corrected chi connectivity index (χ4v) is 14.5. The van der Waals surface area contributed by atoms with Gasteiger partial charge < -0.3 is 43.8 Å². The van der Waals surface area contributed by atoms with Gasteiger partial charge >= 0.3 is 50.9 Å². The first kappa shape index (κ1) is 121. The van der Waals surface area contributed by atoms with Crippen LogP contribution in [0, 0.1) is 79.4 Å². The molecule has 4 amide bonds. The molecule has 2 saturated carbocycles. The molecule has 2 aliphatic carbocycles. The molecule has 4 aromatic rings. The molecule has 0 bridgehead atoms. The van der Waals surface area contributed by atoms with E-state index in [1.54, 1.807) is 0 Å². The van der Waals surface area contributed by atoms with Crippen molar-refractivity contribution in [2.75, 3.05) is 13.1 Å². The average Bonchev–Trinajstić information content (AvgIpc) is 1.68. The van der Waals surface area contributed by atoms with Gasteiger partial charge in [0.25, 0.3) is 0 Å². The number of aliphatic imine (C=N–C) groups is 4. The molecule has 8 atom stereocenters. The lowest BCUT2D eigenvalue weighted by atomic mass is 9.73. The van der Waals surface area contributed by atoms with E-state index in [-0.39, 0.29) is 51.8 Å². The van der Waals surface area contributed by atoms with E-state index in [1.807, 2.05) is 0 Å². The average molecular weight is 2060 g/mol. The second-order valence-electron chi connectivity index (χ2n) is 37.1. The highest BCUT2D eigenvalue weighted by Gasteiger charge is 2.61. The van der Waals surface area contributed by atoms with Crippen LogP contribution >= 0.6 is 0 Å². The largest absolute Gasteiger partial charge is 0.404 e. The van der Waals surface area contributed by atoms with E-state index in [0.717, 1.165) is 24.8 Å². The molecule has 48 heteroatoms. The van der Waals surface area contributed by atoms with Gasteiger partial charge in [-0.15, -0.1) is 0 Å². The number of carbonyl (C=O) groups excluding carboxylic acids is 8. The Morgan fingerprint density at radius 1 is 0.415 bits per heavy atom. The van der Waals surface area contributed by atoms with Gasteiger partial charge in [-0.2, -0.15) is 87.8 Å². The molecule has 0 radical (unpaired) electrons. The van der Waals surface area contributed by atoms with E-state index in [9.17, 15) is 136 Å². The van der Waals surface area contributed by atoms with E-state index in [4.69, 9.17) is 22.9 Å². The number of hydrogen-bond acceptors (Lipinski definition) is 20. The fourth-order valence-electron chi connectivity index (χ4n) is 14.5. The third kappa shape index (κ3) is 33.3. The van der Waals surface area contributed by atoms with Crippen LogP contribution in [0.5, 0.6) is 0 Å². The second-order valence-corrected chi connectivity index (χ2v) is 37.1. The Kier molecular flexibility index (Phi) is 42.7. The molecule has 2 fully saturated rings. The van der Waals surface area contributed by atoms with Crippen LogP contribution in [0.25, 0.3) is 22.3 Å². The molecule has 4 aromatic carbocycles. The molecule has 0 heterocycles. The van der Waals surface area contributed by atoms with Crippen LogP contribution in [-0.4, -0.2) is 180 Å². The van der Waals surface area contributed by atoms with E-state index >= 15 is 17.6 Å². The van der Waals surface area contributed by atoms with Gasteiger partial charge in [0.15, 0.2) is 11.6 Å². The Labute approximate surface area is 802 Å². The Balaban J connectivity index is 0.000000501. The molecular weight excluding hydrogens is 1940 g/mol. The Bertz CT molecular complexity index is 5250. The summed E-state index contributed by atoms with van der Waals surface area (Å²) in [5.74, 6) is -22.2. The molecule has 788 valence electrons. The van der Waals surface area contributed by atoms with Gasteiger partial charge in [-0.3, -0.25) is 49.2 Å². The van der Waals surface area contributed by atoms with Crippen molar-refractivity contribution >= 4 is 93.9 Å². The summed E-state index contributed by atoms with van der Waals surface area (Å²) >= 11 is 0. The number of allylic oxidation sites excluding steroid dienone is 4. The van der Waals surface area contributed by atoms with Crippen molar-refractivity contribution in [1.82, 2.24) is 31.5 Å². The minimum atomic E-state index is -5.13. The highest BCUT2D eigenvalue weighted by molar-refractivity contribution is 6.11. The number of nitrogens with zero attached hydrogens (tertiary/aromatic N) is 6. The maximum atomic E-state index is 16.0. The van der Waals surface area contributed by atoms with Gasteiger partial charge in [0, 0.05) is 159 Å². The summed E-state index contributed by atoms with van der Waals surface area (Å²) in [6, 6.07) is 8.81. The number of rotatable bonds is 50. The SMILES string of the molecule is CC1(C(=O)C[C@H](C(=O)NN(Cc2c(F)cc(C(C=NC(F)F)=CN)cc2F)C[C@H](O)[C@@H](CC(=O)[C@@H](NC(=O)C2(C)CC2)C(C)(C)C(F)(F)F)Cc2ccc(C(C=NC(F)F)=CN)cc2)C(C)(C)C(F)(F)F)CC1.CCC(=O)C[C@H](C(=O)NN(Cc1c(F)cc(C(C=NC(F)F)=CN)cc1F)C[C@H](O)[C@@H](CC(=O)[C@@H](NC(=O)CC)C(C)(C)C(F)(F)F)Cc1ccc(C(C=NC(F)F)=CN)cc1)C(C)(C)C(F)(F)F. The van der Waals surface area contributed by atoms with Crippen LogP contribution in [0.3, 0.4) is 0 Å². The predicted molar refractivity (Wildman–Crippen MR) is 480 cm³/mol. The quantitative estimate of drug-likeness (QED) is 0.00850. The van der Waals surface area contributed by atoms with Crippen molar-refractivity contribution in [3.63, 3.8) is 0 Å². The first-order valence-electron chi connectivity index (χ1n) is 44.0. The van der Waals surface area contributed by atoms with Crippen molar-refractivity contribution in [2.45, 2.75) is 248 Å². The van der Waals surface area contributed by atoms with Crippen LogP contribution in [-0.2, 0) is 64.3 Å². The summed E-state index contributed by atoms with van der Waals surface area (Å²) in [6.07, 6.45) is -22.9. The van der Waals surface area contributed by atoms with Gasteiger partial charge in [-0.05, 0) is 136 Å². The van der Waals surface area contributed by atoms with Gasteiger partial charge in [0.1, 0.15) is 46.9 Å². The third-order valence-electron chi connectivity index (χ3n) is 25.3. The van der Waals surface area contributed by atoms with Crippen LogP contribution in [0.1, 0.15) is 192 Å². The molecule has 14 N–H and O–H groups in total. The number of benzene rings is 4. The van der Waals surface area contributed by atoms with Crippen molar-refractivity contribution in [3.8, 4) is 0 Å². The summed E-state index contributed by atoms with van der Waals surface area (Å²) in [7, 11) is 0. The minimum Gasteiger partial charge on any atom is -0.404 e. The van der Waals surface area contributed by atoms with Crippen molar-refractivity contribution < 1.29 is 154 Å². The highest BCUT2D eigenvalue weighted by atomic mass is 19.4. The number of aliphatic hydroxyl groups excluding tert-OH is 2. The van der Waals surface area contributed by atoms with Crippen LogP contribution in [0.15, 0.2) is 118 Å². The summed E-state index contributed by atoms with van der Waals surface area (Å²) in [5.41, 5.74) is 9.94. The number of amides is 4. The number of Topliss-reactive ketones (excluding diaryl/α,β-unsaturated/α-hetero) is 4. The van der Waals surface area contributed by atoms with E-state index in [1.165, 1.54) is 76.2 Å². The van der Waals surface area contributed by atoms with Gasteiger partial charge in [0.05, 0.1) is 45.7 Å². The zero-order chi connectivity index (χ0) is 108. The normalized spacial score (nSPS) is 16.7. The highest BCUT2D eigenvalue weighted by Crippen LogP contribution is 2.53.